The second kappa shape index (κ2) is 8.82. The van der Waals surface area contributed by atoms with E-state index in [1.807, 2.05) is 66.7 Å². The lowest BCUT2D eigenvalue weighted by Gasteiger charge is -2.34. The Bertz CT molecular complexity index is 1250. The van der Waals surface area contributed by atoms with Crippen LogP contribution in [0.15, 0.2) is 133 Å². The highest BCUT2D eigenvalue weighted by atomic mass is 16.3. The molecular weight excluding hydrogens is 388 g/mol. The smallest absolute Gasteiger partial charge is 0.115 e. The van der Waals surface area contributed by atoms with Crippen LogP contribution in [0.4, 0.5) is 0 Å². The van der Waals surface area contributed by atoms with E-state index < -0.39 is 5.60 Å². The molecule has 1 heteroatoms. The van der Waals surface area contributed by atoms with Gasteiger partial charge in [-0.3, -0.25) is 0 Å². The van der Waals surface area contributed by atoms with E-state index in [0.717, 1.165) is 11.1 Å². The van der Waals surface area contributed by atoms with Gasteiger partial charge in [0.2, 0.25) is 0 Å². The lowest BCUT2D eigenvalue weighted by Crippen LogP contribution is -2.30. The zero-order valence-corrected chi connectivity index (χ0v) is 17.9. The maximum absolute atomic E-state index is 12.3. The van der Waals surface area contributed by atoms with Crippen molar-refractivity contribution in [3.8, 4) is 0 Å². The number of fused-ring (bicyclic) bond motifs is 1. The van der Waals surface area contributed by atoms with E-state index >= 15 is 0 Å². The molecule has 0 aliphatic rings. The number of benzene rings is 5. The summed E-state index contributed by atoms with van der Waals surface area (Å²) in [5, 5.41) is 14.8. The van der Waals surface area contributed by atoms with Crippen LogP contribution in [0.3, 0.4) is 0 Å². The molecule has 32 heavy (non-hydrogen) atoms. The molecule has 5 rings (SSSR count). The van der Waals surface area contributed by atoms with Crippen molar-refractivity contribution in [3.63, 3.8) is 0 Å². The zero-order chi connectivity index (χ0) is 21.8. The summed E-state index contributed by atoms with van der Waals surface area (Å²) >= 11 is 0. The monoisotopic (exact) mass is 414 g/mol. The maximum Gasteiger partial charge on any atom is 0.115 e. The minimum atomic E-state index is -1.13. The molecule has 0 fully saturated rings. The molecule has 1 nitrogen and oxygen atoms in total. The Balaban J connectivity index is 1.71. The first-order valence-corrected chi connectivity index (χ1v) is 11.1. The molecule has 1 N–H and O–H groups in total. The van der Waals surface area contributed by atoms with Crippen LogP contribution >= 0.6 is 0 Å². The van der Waals surface area contributed by atoms with Crippen molar-refractivity contribution in [1.29, 1.82) is 0 Å². The zero-order valence-electron chi connectivity index (χ0n) is 17.9. The fraction of sp³-hybridized carbons (Fsp3) is 0.0968. The summed E-state index contributed by atoms with van der Waals surface area (Å²) in [5.41, 5.74) is 3.13. The largest absolute Gasteiger partial charge is 0.380 e. The molecule has 0 amide bonds. The lowest BCUT2D eigenvalue weighted by atomic mass is 9.74. The first kappa shape index (κ1) is 20.2. The van der Waals surface area contributed by atoms with Gasteiger partial charge < -0.3 is 5.11 Å². The van der Waals surface area contributed by atoms with Crippen LogP contribution in [0.1, 0.15) is 34.6 Å². The Morgan fingerprint density at radius 3 is 1.66 bits per heavy atom. The van der Waals surface area contributed by atoms with Crippen molar-refractivity contribution in [2.45, 2.75) is 17.9 Å². The molecule has 0 unspecified atom stereocenters. The van der Waals surface area contributed by atoms with Crippen LogP contribution in [0.25, 0.3) is 10.8 Å². The molecule has 0 spiro atoms. The van der Waals surface area contributed by atoms with Gasteiger partial charge in [0, 0.05) is 5.92 Å². The van der Waals surface area contributed by atoms with Gasteiger partial charge in [-0.1, -0.05) is 133 Å². The van der Waals surface area contributed by atoms with E-state index in [2.05, 4.69) is 66.7 Å². The van der Waals surface area contributed by atoms with E-state index in [0.29, 0.717) is 6.42 Å². The molecule has 0 radical (unpaired) electrons. The molecule has 5 aromatic rings. The number of hydrogen-bond acceptors (Lipinski definition) is 1. The van der Waals surface area contributed by atoms with Crippen molar-refractivity contribution in [3.05, 3.63) is 156 Å². The summed E-state index contributed by atoms with van der Waals surface area (Å²) in [6.45, 7) is 0. The Morgan fingerprint density at radius 1 is 0.531 bits per heavy atom. The summed E-state index contributed by atoms with van der Waals surface area (Å²) in [5.74, 6) is 0.0210. The minimum Gasteiger partial charge on any atom is -0.380 e. The van der Waals surface area contributed by atoms with E-state index in [-0.39, 0.29) is 5.92 Å². The average molecular weight is 415 g/mol. The highest BCUT2D eigenvalue weighted by Gasteiger charge is 2.35. The van der Waals surface area contributed by atoms with Crippen LogP contribution in [0.5, 0.6) is 0 Å². The van der Waals surface area contributed by atoms with Gasteiger partial charge in [0.05, 0.1) is 0 Å². The van der Waals surface area contributed by atoms with Crippen molar-refractivity contribution in [1.82, 2.24) is 0 Å². The molecule has 0 aromatic heterocycles. The van der Waals surface area contributed by atoms with Gasteiger partial charge in [-0.2, -0.15) is 0 Å². The maximum atomic E-state index is 12.3. The van der Waals surface area contributed by atoms with Crippen LogP contribution in [0, 0.1) is 0 Å². The van der Waals surface area contributed by atoms with Crippen molar-refractivity contribution in [2.75, 3.05) is 0 Å². The van der Waals surface area contributed by atoms with Gasteiger partial charge in [0.1, 0.15) is 5.60 Å². The summed E-state index contributed by atoms with van der Waals surface area (Å²) in [4.78, 5) is 0. The van der Waals surface area contributed by atoms with E-state index in [9.17, 15) is 5.11 Å². The number of aliphatic hydroxyl groups is 1. The Morgan fingerprint density at radius 2 is 1.03 bits per heavy atom. The molecule has 0 aliphatic heterocycles. The molecule has 0 saturated heterocycles. The molecular formula is C31H26O. The third-order valence-electron chi connectivity index (χ3n) is 6.40. The van der Waals surface area contributed by atoms with Gasteiger partial charge in [-0.25, -0.2) is 0 Å². The SMILES string of the molecule is OC(C[C@H](c1ccccc1)c1cccc2ccccc12)(c1ccccc1)c1ccccc1. The summed E-state index contributed by atoms with van der Waals surface area (Å²) in [7, 11) is 0. The fourth-order valence-electron chi connectivity index (χ4n) is 4.77. The van der Waals surface area contributed by atoms with Crippen LogP contribution in [0.2, 0.25) is 0 Å². The predicted molar refractivity (Wildman–Crippen MR) is 133 cm³/mol. The summed E-state index contributed by atoms with van der Waals surface area (Å²) in [6, 6.07) is 45.6. The molecule has 0 aliphatic carbocycles. The van der Waals surface area contributed by atoms with E-state index in [1.54, 1.807) is 0 Å². The van der Waals surface area contributed by atoms with Gasteiger partial charge in [0.25, 0.3) is 0 Å². The molecule has 5 aromatic carbocycles. The summed E-state index contributed by atoms with van der Waals surface area (Å²) < 4.78 is 0. The lowest BCUT2D eigenvalue weighted by molar-refractivity contribution is 0.0665. The van der Waals surface area contributed by atoms with Crippen LogP contribution < -0.4 is 0 Å². The second-order valence-corrected chi connectivity index (χ2v) is 8.33. The third-order valence-corrected chi connectivity index (χ3v) is 6.40. The molecule has 156 valence electrons. The Labute approximate surface area is 189 Å². The minimum absolute atomic E-state index is 0.0210. The highest BCUT2D eigenvalue weighted by molar-refractivity contribution is 5.86. The second-order valence-electron chi connectivity index (χ2n) is 8.33. The average Bonchev–Trinajstić information content (AvgIpc) is 2.88. The van der Waals surface area contributed by atoms with Crippen molar-refractivity contribution < 1.29 is 5.11 Å². The Kier molecular flexibility index (Phi) is 5.58. The highest BCUT2D eigenvalue weighted by Crippen LogP contribution is 2.43. The predicted octanol–water partition coefficient (Wildman–Crippen LogP) is 7.30. The van der Waals surface area contributed by atoms with Gasteiger partial charge in [-0.05, 0) is 39.4 Å². The van der Waals surface area contributed by atoms with Crippen LogP contribution in [-0.2, 0) is 5.60 Å². The van der Waals surface area contributed by atoms with Gasteiger partial charge in [0.15, 0.2) is 0 Å². The van der Waals surface area contributed by atoms with Crippen LogP contribution in [-0.4, -0.2) is 5.11 Å². The van der Waals surface area contributed by atoms with E-state index in [1.165, 1.54) is 21.9 Å². The van der Waals surface area contributed by atoms with Crippen molar-refractivity contribution >= 4 is 10.8 Å². The van der Waals surface area contributed by atoms with Gasteiger partial charge in [-0.15, -0.1) is 0 Å². The standard InChI is InChI=1S/C31H26O/c32-31(26-17-6-2-7-18-26,27-19-8-3-9-20-27)23-30(25-13-4-1-5-14-25)29-22-12-16-24-15-10-11-21-28(24)29/h1-22,30,32H,23H2/t30-/m1/s1. The molecule has 0 heterocycles. The van der Waals surface area contributed by atoms with Crippen molar-refractivity contribution in [2.24, 2.45) is 0 Å². The number of hydrogen-bond donors (Lipinski definition) is 1. The molecule has 0 bridgehead atoms. The quantitative estimate of drug-likeness (QED) is 0.309. The first-order chi connectivity index (χ1) is 15.8. The third kappa shape index (κ3) is 3.84. The van der Waals surface area contributed by atoms with E-state index in [4.69, 9.17) is 0 Å². The summed E-state index contributed by atoms with van der Waals surface area (Å²) in [6.07, 6.45) is 0.541. The molecule has 1 atom stereocenters. The fourth-order valence-corrected chi connectivity index (χ4v) is 4.77. The number of rotatable bonds is 6. The topological polar surface area (TPSA) is 20.2 Å². The first-order valence-electron chi connectivity index (χ1n) is 11.1. The Hall–Kier alpha value is -3.68. The van der Waals surface area contributed by atoms with Gasteiger partial charge >= 0.3 is 0 Å². The molecule has 0 saturated carbocycles. The normalized spacial score (nSPS) is 12.5.